The number of hydrogen-bond acceptors (Lipinski definition) is 1. The summed E-state index contributed by atoms with van der Waals surface area (Å²) in [7, 11) is 0. The molecule has 1 aromatic rings. The first kappa shape index (κ1) is 7.80. The predicted molar refractivity (Wildman–Crippen MR) is 53.2 cm³/mol. The van der Waals surface area contributed by atoms with Gasteiger partial charge in [0.1, 0.15) is 0 Å². The average Bonchev–Trinajstić information content (AvgIpc) is 2.39. The fraction of sp³-hybridized carbons (Fsp3) is 0. The number of amides is 1. The predicted octanol–water partition coefficient (Wildman–Crippen LogP) is 2.19. The normalized spacial score (nSPS) is 13.7. The van der Waals surface area contributed by atoms with Crippen LogP contribution in [0.5, 0.6) is 0 Å². The van der Waals surface area contributed by atoms with Crippen LogP contribution < -0.4 is 4.90 Å². The standard InChI is InChI=1S/C11H9NO/c13-9-12-8-4-3-6-10-5-1-2-7-11(10)12/h1-9H. The molecule has 1 aliphatic heterocycles. The van der Waals surface area contributed by atoms with Crippen molar-refractivity contribution in [2.45, 2.75) is 0 Å². The number of rotatable bonds is 1. The fourth-order valence-electron chi connectivity index (χ4n) is 1.34. The van der Waals surface area contributed by atoms with E-state index in [0.717, 1.165) is 17.7 Å². The van der Waals surface area contributed by atoms with Crippen LogP contribution in [0.3, 0.4) is 0 Å². The summed E-state index contributed by atoms with van der Waals surface area (Å²) in [5, 5.41) is 0. The molecule has 2 rings (SSSR count). The van der Waals surface area contributed by atoms with Gasteiger partial charge in [-0.2, -0.15) is 0 Å². The summed E-state index contributed by atoms with van der Waals surface area (Å²) in [4.78, 5) is 12.3. The minimum absolute atomic E-state index is 0.808. The molecule has 0 unspecified atom stereocenters. The van der Waals surface area contributed by atoms with Crippen molar-refractivity contribution in [1.82, 2.24) is 0 Å². The molecule has 0 aromatic heterocycles. The van der Waals surface area contributed by atoms with Gasteiger partial charge in [-0.1, -0.05) is 30.4 Å². The summed E-state index contributed by atoms with van der Waals surface area (Å²) in [5.74, 6) is 0. The lowest BCUT2D eigenvalue weighted by Gasteiger charge is -2.13. The highest BCUT2D eigenvalue weighted by Gasteiger charge is 2.06. The topological polar surface area (TPSA) is 20.3 Å². The highest BCUT2D eigenvalue weighted by Crippen LogP contribution is 2.22. The quantitative estimate of drug-likeness (QED) is 0.593. The van der Waals surface area contributed by atoms with Crippen molar-refractivity contribution in [3.05, 3.63) is 48.2 Å². The van der Waals surface area contributed by atoms with Crippen molar-refractivity contribution >= 4 is 18.2 Å². The molecule has 0 spiro atoms. The van der Waals surface area contributed by atoms with Crippen LogP contribution in [0.2, 0.25) is 0 Å². The van der Waals surface area contributed by atoms with Gasteiger partial charge in [0.2, 0.25) is 6.41 Å². The maximum absolute atomic E-state index is 10.7. The van der Waals surface area contributed by atoms with Crippen molar-refractivity contribution in [2.24, 2.45) is 0 Å². The number of anilines is 1. The largest absolute Gasteiger partial charge is 0.290 e. The second-order valence-electron chi connectivity index (χ2n) is 2.77. The summed E-state index contributed by atoms with van der Waals surface area (Å²) < 4.78 is 0. The van der Waals surface area contributed by atoms with E-state index in [0.29, 0.717) is 0 Å². The Kier molecular flexibility index (Phi) is 1.96. The Morgan fingerprint density at radius 3 is 2.85 bits per heavy atom. The molecule has 1 heterocycles. The molecule has 1 aliphatic rings. The lowest BCUT2D eigenvalue weighted by molar-refractivity contribution is -0.106. The minimum atomic E-state index is 0.808. The third-order valence-corrected chi connectivity index (χ3v) is 1.96. The van der Waals surface area contributed by atoms with Gasteiger partial charge in [0.25, 0.3) is 0 Å². The highest BCUT2D eigenvalue weighted by atomic mass is 16.1. The van der Waals surface area contributed by atoms with Gasteiger partial charge in [0, 0.05) is 6.20 Å². The average molecular weight is 171 g/mol. The Bertz CT molecular complexity index is 379. The zero-order chi connectivity index (χ0) is 9.10. The van der Waals surface area contributed by atoms with Gasteiger partial charge in [-0.3, -0.25) is 9.69 Å². The number of para-hydroxylation sites is 1. The molecule has 64 valence electrons. The smallest absolute Gasteiger partial charge is 0.218 e. The molecule has 2 heteroatoms. The first-order chi connectivity index (χ1) is 6.42. The third-order valence-electron chi connectivity index (χ3n) is 1.96. The molecule has 13 heavy (non-hydrogen) atoms. The van der Waals surface area contributed by atoms with Gasteiger partial charge in [0.05, 0.1) is 5.69 Å². The molecule has 1 amide bonds. The van der Waals surface area contributed by atoms with Gasteiger partial charge < -0.3 is 0 Å². The summed E-state index contributed by atoms with van der Waals surface area (Å²) in [6.45, 7) is 0. The van der Waals surface area contributed by atoms with Crippen molar-refractivity contribution in [2.75, 3.05) is 4.90 Å². The molecule has 0 N–H and O–H groups in total. The molecule has 0 saturated carbocycles. The monoisotopic (exact) mass is 171 g/mol. The van der Waals surface area contributed by atoms with E-state index in [2.05, 4.69) is 0 Å². The second-order valence-corrected chi connectivity index (χ2v) is 2.77. The maximum Gasteiger partial charge on any atom is 0.218 e. The SMILES string of the molecule is O=CN1C=CC=Cc2ccccc21. The summed E-state index contributed by atoms with van der Waals surface area (Å²) in [6.07, 6.45) is 8.30. The maximum atomic E-state index is 10.7. The Morgan fingerprint density at radius 1 is 1.15 bits per heavy atom. The molecule has 0 saturated heterocycles. The fourth-order valence-corrected chi connectivity index (χ4v) is 1.34. The van der Waals surface area contributed by atoms with E-state index in [-0.39, 0.29) is 0 Å². The van der Waals surface area contributed by atoms with E-state index in [9.17, 15) is 4.79 Å². The molecule has 0 fully saturated rings. The second kappa shape index (κ2) is 3.27. The minimum Gasteiger partial charge on any atom is -0.290 e. The van der Waals surface area contributed by atoms with E-state index in [1.807, 2.05) is 42.5 Å². The third kappa shape index (κ3) is 1.38. The van der Waals surface area contributed by atoms with Crippen molar-refractivity contribution < 1.29 is 4.79 Å². The van der Waals surface area contributed by atoms with Gasteiger partial charge >= 0.3 is 0 Å². The zero-order valence-corrected chi connectivity index (χ0v) is 7.05. The Balaban J connectivity index is 2.56. The molecular formula is C11H9NO. The number of carbonyl (C=O) groups excluding carboxylic acids is 1. The van der Waals surface area contributed by atoms with Crippen molar-refractivity contribution in [1.29, 1.82) is 0 Å². The van der Waals surface area contributed by atoms with Crippen molar-refractivity contribution in [3.63, 3.8) is 0 Å². The zero-order valence-electron chi connectivity index (χ0n) is 7.05. The van der Waals surface area contributed by atoms with Gasteiger partial charge in [-0.25, -0.2) is 0 Å². The Morgan fingerprint density at radius 2 is 2.00 bits per heavy atom. The lowest BCUT2D eigenvalue weighted by Crippen LogP contribution is -2.12. The van der Waals surface area contributed by atoms with Crippen LogP contribution in [-0.4, -0.2) is 6.41 Å². The first-order valence-corrected chi connectivity index (χ1v) is 4.09. The van der Waals surface area contributed by atoms with Gasteiger partial charge in [-0.15, -0.1) is 0 Å². The summed E-state index contributed by atoms with van der Waals surface area (Å²) >= 11 is 0. The Hall–Kier alpha value is -1.83. The van der Waals surface area contributed by atoms with E-state index >= 15 is 0 Å². The Labute approximate surface area is 76.8 Å². The van der Waals surface area contributed by atoms with E-state index in [1.165, 1.54) is 0 Å². The molecule has 0 atom stereocenters. The van der Waals surface area contributed by atoms with Crippen LogP contribution >= 0.6 is 0 Å². The van der Waals surface area contributed by atoms with E-state index in [1.54, 1.807) is 11.1 Å². The number of fused-ring (bicyclic) bond motifs is 1. The molecule has 0 radical (unpaired) electrons. The number of carbonyl (C=O) groups is 1. The number of allylic oxidation sites excluding steroid dienone is 2. The number of hydrogen-bond donors (Lipinski definition) is 0. The molecule has 0 aliphatic carbocycles. The summed E-state index contributed by atoms with van der Waals surface area (Å²) in [5.41, 5.74) is 1.97. The molecule has 0 bridgehead atoms. The van der Waals surface area contributed by atoms with Crippen LogP contribution in [0.4, 0.5) is 5.69 Å². The lowest BCUT2D eigenvalue weighted by atomic mass is 10.1. The van der Waals surface area contributed by atoms with Gasteiger partial charge in [0.15, 0.2) is 0 Å². The number of nitrogens with zero attached hydrogens (tertiary/aromatic N) is 1. The van der Waals surface area contributed by atoms with E-state index in [4.69, 9.17) is 0 Å². The van der Waals surface area contributed by atoms with Gasteiger partial charge in [-0.05, 0) is 17.7 Å². The van der Waals surface area contributed by atoms with Crippen molar-refractivity contribution in [3.8, 4) is 0 Å². The molecular weight excluding hydrogens is 162 g/mol. The summed E-state index contributed by atoms with van der Waals surface area (Å²) in [6, 6.07) is 7.78. The van der Waals surface area contributed by atoms with Crippen LogP contribution in [0.25, 0.3) is 6.08 Å². The van der Waals surface area contributed by atoms with Crippen LogP contribution in [0.1, 0.15) is 5.56 Å². The first-order valence-electron chi connectivity index (χ1n) is 4.09. The molecule has 2 nitrogen and oxygen atoms in total. The molecule has 1 aromatic carbocycles. The van der Waals surface area contributed by atoms with Crippen LogP contribution in [0.15, 0.2) is 42.6 Å². The number of benzene rings is 1. The highest BCUT2D eigenvalue weighted by molar-refractivity contribution is 5.84. The van der Waals surface area contributed by atoms with Crippen LogP contribution in [0, 0.1) is 0 Å². The van der Waals surface area contributed by atoms with Crippen LogP contribution in [-0.2, 0) is 4.79 Å². The van der Waals surface area contributed by atoms with E-state index < -0.39 is 0 Å².